The highest BCUT2D eigenvalue weighted by Crippen LogP contribution is 2.55. The summed E-state index contributed by atoms with van der Waals surface area (Å²) in [6, 6.07) is 84.7. The molecule has 0 amide bonds. The Bertz CT molecular complexity index is 3840. The third-order valence-electron chi connectivity index (χ3n) is 15.9. The van der Waals surface area contributed by atoms with E-state index in [9.17, 15) is 0 Å². The van der Waals surface area contributed by atoms with E-state index in [1.165, 1.54) is 105 Å². The summed E-state index contributed by atoms with van der Waals surface area (Å²) in [5.41, 5.74) is 22.3. The lowest BCUT2D eigenvalue weighted by atomic mass is 9.74. The number of para-hydroxylation sites is 2. The van der Waals surface area contributed by atoms with Crippen molar-refractivity contribution >= 4 is 39.5 Å². The quantitative estimate of drug-likeness (QED) is 0.147. The van der Waals surface area contributed by atoms with Crippen molar-refractivity contribution in [2.45, 2.75) is 77.6 Å². The van der Waals surface area contributed by atoms with Crippen molar-refractivity contribution in [2.75, 3.05) is 4.90 Å². The van der Waals surface area contributed by atoms with Crippen molar-refractivity contribution in [1.29, 1.82) is 0 Å². The van der Waals surface area contributed by atoms with E-state index in [2.05, 4.69) is 284 Å². The maximum absolute atomic E-state index is 2.59. The SMILES string of the molecule is CC(C)(C)c1cc(-c2cccc3cccc(-c4ccccc4N(c4ccc5c(c4)C(C)(c4ccccc4)c4ccccc4-5)c4ccccc4C4=c5c(-c6ccccc6)cccc5=CCC4)c23)cc(C(C)(C)C)c1. The van der Waals surface area contributed by atoms with Gasteiger partial charge in [0, 0.05) is 22.2 Å². The first-order chi connectivity index (χ1) is 35.4. The molecule has 10 aromatic carbocycles. The Hall–Kier alpha value is -8.00. The lowest BCUT2D eigenvalue weighted by Gasteiger charge is -2.33. The molecule has 0 heterocycles. The second kappa shape index (κ2) is 17.9. The molecule has 0 radical (unpaired) electrons. The first kappa shape index (κ1) is 46.1. The lowest BCUT2D eigenvalue weighted by molar-refractivity contribution is 0.569. The monoisotopic (exact) mass is 941 g/mol. The zero-order valence-corrected chi connectivity index (χ0v) is 43.3. The van der Waals surface area contributed by atoms with Crippen LogP contribution < -0.4 is 15.3 Å². The minimum absolute atomic E-state index is 0.0194. The molecule has 356 valence electrons. The Labute approximate surface area is 432 Å². The second-order valence-electron chi connectivity index (χ2n) is 22.5. The summed E-state index contributed by atoms with van der Waals surface area (Å²) in [5.74, 6) is 0. The zero-order valence-electron chi connectivity index (χ0n) is 43.3. The van der Waals surface area contributed by atoms with Crippen molar-refractivity contribution in [1.82, 2.24) is 0 Å². The smallest absolute Gasteiger partial charge is 0.0540 e. The molecule has 0 fully saturated rings. The van der Waals surface area contributed by atoms with E-state index in [-0.39, 0.29) is 16.2 Å². The van der Waals surface area contributed by atoms with Crippen molar-refractivity contribution < 1.29 is 0 Å². The van der Waals surface area contributed by atoms with Crippen molar-refractivity contribution in [2.24, 2.45) is 0 Å². The van der Waals surface area contributed by atoms with E-state index in [0.717, 1.165) is 29.9 Å². The molecule has 12 rings (SSSR count). The molecule has 0 aliphatic heterocycles. The number of hydrogen-bond acceptors (Lipinski definition) is 1. The van der Waals surface area contributed by atoms with Gasteiger partial charge in [0.1, 0.15) is 0 Å². The van der Waals surface area contributed by atoms with Crippen LogP contribution in [0.3, 0.4) is 0 Å². The van der Waals surface area contributed by atoms with E-state index in [1.807, 2.05) is 0 Å². The standard InChI is InChI=1S/C72H63N/c1-70(2,3)53-44-51(45-54(46-53)71(4,5)6)57-36-21-27-50-29-23-38-63(69(50)57)61-34-16-19-41-67(61)73(55-42-43-59-58-32-14-17-39-64(58)72(7,65(59)47-55)52-30-12-9-13-31-52)66-40-18-15-33-60(66)62-37-22-28-49-26-20-35-56(68(49)62)48-24-10-8-11-25-48/h8-21,23-36,38-47H,22,37H2,1-7H3. The molecule has 0 spiro atoms. The lowest BCUT2D eigenvalue weighted by Crippen LogP contribution is -2.32. The van der Waals surface area contributed by atoms with Crippen LogP contribution in [0.25, 0.3) is 66.9 Å². The number of fused-ring (bicyclic) bond motifs is 5. The highest BCUT2D eigenvalue weighted by atomic mass is 15.1. The maximum Gasteiger partial charge on any atom is 0.0540 e. The molecule has 0 aromatic heterocycles. The normalized spacial score (nSPS) is 15.1. The molecule has 73 heavy (non-hydrogen) atoms. The third-order valence-corrected chi connectivity index (χ3v) is 15.9. The second-order valence-corrected chi connectivity index (χ2v) is 22.5. The fourth-order valence-corrected chi connectivity index (χ4v) is 12.1. The summed E-state index contributed by atoms with van der Waals surface area (Å²) in [6.07, 6.45) is 4.35. The highest BCUT2D eigenvalue weighted by molar-refractivity contribution is 6.09. The molecule has 2 aliphatic carbocycles. The van der Waals surface area contributed by atoms with Gasteiger partial charge >= 0.3 is 0 Å². The van der Waals surface area contributed by atoms with Crippen LogP contribution >= 0.6 is 0 Å². The van der Waals surface area contributed by atoms with Crippen molar-refractivity contribution in [3.05, 3.63) is 268 Å². The number of anilines is 3. The Morgan fingerprint density at radius 1 is 0.411 bits per heavy atom. The summed E-state index contributed by atoms with van der Waals surface area (Å²) in [6.45, 7) is 16.4. The summed E-state index contributed by atoms with van der Waals surface area (Å²) < 4.78 is 0. The Balaban J connectivity index is 1.15. The Kier molecular flexibility index (Phi) is 11.3. The van der Waals surface area contributed by atoms with Crippen molar-refractivity contribution in [3.63, 3.8) is 0 Å². The van der Waals surface area contributed by atoms with Gasteiger partial charge in [-0.15, -0.1) is 0 Å². The fourth-order valence-electron chi connectivity index (χ4n) is 12.1. The molecule has 1 nitrogen and oxygen atoms in total. The van der Waals surface area contributed by atoms with Crippen LogP contribution in [0.1, 0.15) is 94.7 Å². The molecule has 2 aliphatic rings. The van der Waals surface area contributed by atoms with Crippen LogP contribution in [-0.4, -0.2) is 0 Å². The molecule has 1 atom stereocenters. The van der Waals surface area contributed by atoms with E-state index < -0.39 is 0 Å². The van der Waals surface area contributed by atoms with Gasteiger partial charge in [-0.3, -0.25) is 0 Å². The van der Waals surface area contributed by atoms with Gasteiger partial charge in [-0.25, -0.2) is 0 Å². The summed E-state index contributed by atoms with van der Waals surface area (Å²) in [5, 5.41) is 5.11. The van der Waals surface area contributed by atoms with Crippen LogP contribution in [-0.2, 0) is 16.2 Å². The van der Waals surface area contributed by atoms with E-state index in [1.54, 1.807) is 0 Å². The molecular weight excluding hydrogens is 879 g/mol. The number of nitrogens with zero attached hydrogens (tertiary/aromatic N) is 1. The highest BCUT2D eigenvalue weighted by Gasteiger charge is 2.41. The molecule has 0 N–H and O–H groups in total. The molecule has 1 unspecified atom stereocenters. The third kappa shape index (κ3) is 7.94. The van der Waals surface area contributed by atoms with Gasteiger partial charge in [0.15, 0.2) is 0 Å². The number of hydrogen-bond donors (Lipinski definition) is 0. The van der Waals surface area contributed by atoms with Gasteiger partial charge < -0.3 is 4.90 Å². The molecule has 0 bridgehead atoms. The van der Waals surface area contributed by atoms with Crippen LogP contribution in [0.5, 0.6) is 0 Å². The van der Waals surface area contributed by atoms with E-state index in [4.69, 9.17) is 0 Å². The Morgan fingerprint density at radius 2 is 0.959 bits per heavy atom. The van der Waals surface area contributed by atoms with Gasteiger partial charge in [-0.1, -0.05) is 248 Å². The molecule has 1 heteroatoms. The van der Waals surface area contributed by atoms with Crippen LogP contribution in [0, 0.1) is 0 Å². The molecule has 0 saturated heterocycles. The first-order valence-electron chi connectivity index (χ1n) is 26.2. The van der Waals surface area contributed by atoms with Gasteiger partial charge in [-0.2, -0.15) is 0 Å². The van der Waals surface area contributed by atoms with E-state index in [0.29, 0.717) is 0 Å². The average molecular weight is 942 g/mol. The predicted molar refractivity (Wildman–Crippen MR) is 312 cm³/mol. The minimum Gasteiger partial charge on any atom is -0.309 e. The summed E-state index contributed by atoms with van der Waals surface area (Å²) in [4.78, 5) is 2.59. The van der Waals surface area contributed by atoms with Gasteiger partial charge in [0.2, 0.25) is 0 Å². The summed E-state index contributed by atoms with van der Waals surface area (Å²) >= 11 is 0. The Morgan fingerprint density at radius 3 is 1.66 bits per heavy atom. The fraction of sp³-hybridized carbons (Fsp3) is 0.167. The van der Waals surface area contributed by atoms with Gasteiger partial charge in [0.25, 0.3) is 0 Å². The maximum atomic E-state index is 2.59. The average Bonchev–Trinajstić information content (AvgIpc) is 3.68. The minimum atomic E-state index is -0.372. The van der Waals surface area contributed by atoms with E-state index >= 15 is 0 Å². The number of rotatable bonds is 8. The zero-order chi connectivity index (χ0) is 50.1. The first-order valence-corrected chi connectivity index (χ1v) is 26.2. The molecule has 10 aromatic rings. The van der Waals surface area contributed by atoms with Crippen molar-refractivity contribution in [3.8, 4) is 44.5 Å². The van der Waals surface area contributed by atoms with Gasteiger partial charge in [0.05, 0.1) is 11.4 Å². The van der Waals surface area contributed by atoms with Crippen LogP contribution in [0.4, 0.5) is 17.1 Å². The predicted octanol–water partition coefficient (Wildman–Crippen LogP) is 18.0. The van der Waals surface area contributed by atoms with Crippen LogP contribution in [0.15, 0.2) is 224 Å². The molecular formula is C72H63N. The largest absolute Gasteiger partial charge is 0.309 e. The van der Waals surface area contributed by atoms with Crippen LogP contribution in [0.2, 0.25) is 0 Å². The molecule has 0 saturated carbocycles. The topological polar surface area (TPSA) is 3.24 Å². The number of benzene rings is 10. The van der Waals surface area contributed by atoms with Gasteiger partial charge in [-0.05, 0) is 148 Å². The summed E-state index contributed by atoms with van der Waals surface area (Å²) in [7, 11) is 0.